The Balaban J connectivity index is 0.000000277. The molecule has 1 saturated heterocycles. The number of carboxylic acid groups (broad SMARTS) is 2. The molecule has 0 aliphatic carbocycles. The molecule has 0 bridgehead atoms. The molecule has 1 aliphatic rings. The van der Waals surface area contributed by atoms with Gasteiger partial charge in [0.05, 0.1) is 22.8 Å². The van der Waals surface area contributed by atoms with Crippen molar-refractivity contribution in [3.63, 3.8) is 0 Å². The molecule has 0 amide bonds. The van der Waals surface area contributed by atoms with Crippen molar-refractivity contribution >= 4 is 40.2 Å². The van der Waals surface area contributed by atoms with Crippen LogP contribution in [0.4, 0.5) is 26.3 Å². The summed E-state index contributed by atoms with van der Waals surface area (Å²) < 4.78 is 70.0. The van der Waals surface area contributed by atoms with Gasteiger partial charge in [0.2, 0.25) is 0 Å². The van der Waals surface area contributed by atoms with Crippen molar-refractivity contribution in [3.8, 4) is 11.4 Å². The molecule has 0 unspecified atom stereocenters. The summed E-state index contributed by atoms with van der Waals surface area (Å²) >= 11 is 6.27. The van der Waals surface area contributed by atoms with Crippen LogP contribution in [0.25, 0.3) is 28.1 Å². The summed E-state index contributed by atoms with van der Waals surface area (Å²) in [6, 6.07) is 16.9. The lowest BCUT2D eigenvalue weighted by molar-refractivity contribution is -0.193. The van der Waals surface area contributed by atoms with E-state index >= 15 is 0 Å². The van der Waals surface area contributed by atoms with Gasteiger partial charge in [-0.1, -0.05) is 23.7 Å². The van der Waals surface area contributed by atoms with Gasteiger partial charge in [-0.3, -0.25) is 9.08 Å². The Morgan fingerprint density at radius 1 is 0.933 bits per heavy atom. The van der Waals surface area contributed by atoms with Crippen molar-refractivity contribution < 1.29 is 46.1 Å². The lowest BCUT2D eigenvalue weighted by atomic mass is 10.1. The van der Waals surface area contributed by atoms with Crippen molar-refractivity contribution in [2.75, 3.05) is 20.1 Å². The fourth-order valence-electron chi connectivity index (χ4n) is 4.55. The number of aromatic nitrogens is 6. The highest BCUT2D eigenvalue weighted by Crippen LogP contribution is 2.31. The third kappa shape index (κ3) is 7.72. The van der Waals surface area contributed by atoms with Gasteiger partial charge in [-0.15, -0.1) is 10.2 Å². The van der Waals surface area contributed by atoms with E-state index in [1.807, 2.05) is 31.2 Å². The van der Waals surface area contributed by atoms with Crippen LogP contribution in [0.1, 0.15) is 17.4 Å². The number of pyridine rings is 1. The molecule has 0 spiro atoms. The fourth-order valence-corrected chi connectivity index (χ4v) is 4.77. The van der Waals surface area contributed by atoms with Gasteiger partial charge in [0, 0.05) is 30.9 Å². The first-order chi connectivity index (χ1) is 21.0. The van der Waals surface area contributed by atoms with Gasteiger partial charge in [-0.2, -0.15) is 31.4 Å². The minimum Gasteiger partial charge on any atom is -0.475 e. The Kier molecular flexibility index (Phi) is 9.43. The quantitative estimate of drug-likeness (QED) is 0.248. The average Bonchev–Trinajstić information content (AvgIpc) is 3.64. The van der Waals surface area contributed by atoms with Gasteiger partial charge >= 0.3 is 24.3 Å². The summed E-state index contributed by atoms with van der Waals surface area (Å²) in [5, 5.41) is 28.5. The number of likely N-dealkylation sites (N-methyl/N-ethyl adjacent to an activating group) is 1. The number of hydrogen-bond acceptors (Lipinski definition) is 6. The minimum atomic E-state index is -5.08. The minimum absolute atomic E-state index is 0.441. The molecule has 1 aromatic carbocycles. The van der Waals surface area contributed by atoms with Gasteiger partial charge in [0.25, 0.3) is 0 Å². The molecule has 1 fully saturated rings. The number of rotatable bonds is 4. The average molecular weight is 660 g/mol. The molecular formula is C27H24ClF6N7O4. The SMILES string of the molecule is Cc1nnc2ccc3c(cc(-c4ccn(C5CN(C)C5)n4)n3Cc3cccc(Cl)c3)n12.O=C(O)C(F)(F)F.O=C(O)C(F)(F)F. The van der Waals surface area contributed by atoms with Crippen LogP contribution in [0.15, 0.2) is 54.7 Å². The summed E-state index contributed by atoms with van der Waals surface area (Å²) in [6.07, 6.45) is -8.08. The molecule has 5 aromatic rings. The van der Waals surface area contributed by atoms with Crippen LogP contribution in [-0.2, 0) is 16.1 Å². The van der Waals surface area contributed by atoms with E-state index in [1.54, 1.807) is 0 Å². The molecular weight excluding hydrogens is 636 g/mol. The maximum atomic E-state index is 10.6. The zero-order chi connectivity index (χ0) is 33.3. The van der Waals surface area contributed by atoms with Crippen LogP contribution in [0, 0.1) is 6.92 Å². The number of carboxylic acids is 2. The Morgan fingerprint density at radius 2 is 1.56 bits per heavy atom. The molecule has 6 rings (SSSR count). The van der Waals surface area contributed by atoms with Crippen molar-refractivity contribution in [1.82, 2.24) is 33.8 Å². The van der Waals surface area contributed by atoms with Gasteiger partial charge in [0.15, 0.2) is 5.65 Å². The number of hydrogen-bond donors (Lipinski definition) is 2. The largest absolute Gasteiger partial charge is 0.490 e. The van der Waals surface area contributed by atoms with E-state index in [1.165, 1.54) is 0 Å². The first-order valence-corrected chi connectivity index (χ1v) is 13.3. The van der Waals surface area contributed by atoms with E-state index in [0.29, 0.717) is 12.6 Å². The predicted octanol–water partition coefficient (Wildman–Crippen LogP) is 5.31. The number of likely N-dealkylation sites (tertiary alicyclic amines) is 1. The first-order valence-electron chi connectivity index (χ1n) is 12.9. The third-order valence-electron chi connectivity index (χ3n) is 6.60. The fraction of sp³-hybridized carbons (Fsp3) is 0.296. The van der Waals surface area contributed by atoms with Gasteiger partial charge in [0.1, 0.15) is 11.5 Å². The number of nitrogens with zero attached hydrogens (tertiary/aromatic N) is 7. The number of aliphatic carboxylic acids is 2. The first kappa shape index (κ1) is 33.3. The van der Waals surface area contributed by atoms with Gasteiger partial charge in [-0.05, 0) is 55.9 Å². The molecule has 18 heteroatoms. The summed E-state index contributed by atoms with van der Waals surface area (Å²) in [7, 11) is 2.14. The second kappa shape index (κ2) is 12.8. The Bertz CT molecular complexity index is 1820. The smallest absolute Gasteiger partial charge is 0.475 e. The number of halogens is 7. The van der Waals surface area contributed by atoms with Crippen LogP contribution in [-0.4, -0.2) is 88.5 Å². The topological polar surface area (TPSA) is 131 Å². The van der Waals surface area contributed by atoms with E-state index in [0.717, 1.165) is 57.6 Å². The lowest BCUT2D eigenvalue weighted by Crippen LogP contribution is -2.45. The zero-order valence-corrected chi connectivity index (χ0v) is 24.1. The number of benzene rings is 1. The van der Waals surface area contributed by atoms with Crippen LogP contribution in [0.2, 0.25) is 5.02 Å². The molecule has 1 aliphatic heterocycles. The normalized spacial score (nSPS) is 14.0. The maximum Gasteiger partial charge on any atom is 0.490 e. The number of alkyl halides is 6. The maximum absolute atomic E-state index is 10.6. The second-order valence-corrected chi connectivity index (χ2v) is 10.4. The molecule has 0 atom stereocenters. The van der Waals surface area contributed by atoms with Crippen molar-refractivity contribution in [2.45, 2.75) is 31.9 Å². The van der Waals surface area contributed by atoms with Crippen LogP contribution >= 0.6 is 11.6 Å². The van der Waals surface area contributed by atoms with E-state index in [2.05, 4.69) is 66.3 Å². The highest BCUT2D eigenvalue weighted by molar-refractivity contribution is 6.30. The highest BCUT2D eigenvalue weighted by Gasteiger charge is 2.39. The molecule has 11 nitrogen and oxygen atoms in total. The standard InChI is InChI=1S/C23H22ClN7.2C2HF3O2/c1-15-25-26-23-7-6-20-22(31(15)23)11-21(29(20)12-16-4-3-5-17(24)10-16)19-8-9-30(27-19)18-13-28(2)14-18;2*3-2(4,5)1(6)7/h3-11,18H,12-14H2,1-2H3;2*(H,6,7). The molecule has 0 saturated carbocycles. The van der Waals surface area contributed by atoms with E-state index in [-0.39, 0.29) is 0 Å². The molecule has 45 heavy (non-hydrogen) atoms. The van der Waals surface area contributed by atoms with Gasteiger partial charge in [-0.25, -0.2) is 9.59 Å². The second-order valence-electron chi connectivity index (χ2n) is 9.95. The predicted molar refractivity (Wildman–Crippen MR) is 149 cm³/mol. The number of carbonyl (C=O) groups is 2. The van der Waals surface area contributed by atoms with Crippen molar-refractivity contribution in [3.05, 3.63) is 71.1 Å². The summed E-state index contributed by atoms with van der Waals surface area (Å²) in [5.41, 5.74) is 6.22. The summed E-state index contributed by atoms with van der Waals surface area (Å²) in [6.45, 7) is 4.75. The molecule has 5 heterocycles. The molecule has 4 aromatic heterocycles. The third-order valence-corrected chi connectivity index (χ3v) is 6.84. The number of fused-ring (bicyclic) bond motifs is 3. The summed E-state index contributed by atoms with van der Waals surface area (Å²) in [5.74, 6) is -4.64. The number of aryl methyl sites for hydroxylation is 1. The van der Waals surface area contributed by atoms with E-state index in [4.69, 9.17) is 36.5 Å². The molecule has 0 radical (unpaired) electrons. The Morgan fingerprint density at radius 3 is 2.11 bits per heavy atom. The Labute approximate surface area is 254 Å². The van der Waals surface area contributed by atoms with Gasteiger partial charge < -0.3 is 19.7 Å². The van der Waals surface area contributed by atoms with E-state index < -0.39 is 24.3 Å². The van der Waals surface area contributed by atoms with Crippen molar-refractivity contribution in [1.29, 1.82) is 0 Å². The summed E-state index contributed by atoms with van der Waals surface area (Å²) in [4.78, 5) is 20.1. The highest BCUT2D eigenvalue weighted by atomic mass is 35.5. The molecule has 240 valence electrons. The van der Waals surface area contributed by atoms with Crippen LogP contribution in [0.3, 0.4) is 0 Å². The van der Waals surface area contributed by atoms with Crippen molar-refractivity contribution in [2.24, 2.45) is 0 Å². The van der Waals surface area contributed by atoms with Crippen LogP contribution in [0.5, 0.6) is 0 Å². The zero-order valence-electron chi connectivity index (χ0n) is 23.4. The van der Waals surface area contributed by atoms with Crippen LogP contribution < -0.4 is 0 Å². The monoisotopic (exact) mass is 659 g/mol. The lowest BCUT2D eigenvalue weighted by Gasteiger charge is -2.36. The Hall–Kier alpha value is -4.64. The van der Waals surface area contributed by atoms with E-state index in [9.17, 15) is 26.3 Å². The molecule has 2 N–H and O–H groups in total.